The fourth-order valence-corrected chi connectivity index (χ4v) is 6.74. The Morgan fingerprint density at radius 1 is 1.15 bits per heavy atom. The highest BCUT2D eigenvalue weighted by molar-refractivity contribution is 5.92. The Balaban J connectivity index is 1.34. The van der Waals surface area contributed by atoms with E-state index in [0.29, 0.717) is 38.1 Å². The topological polar surface area (TPSA) is 99.7 Å². The number of rotatable bonds is 6. The Labute approximate surface area is 202 Å². The molecule has 3 saturated carbocycles. The largest absolute Gasteiger partial charge is 0.496 e. The molecule has 34 heavy (non-hydrogen) atoms. The van der Waals surface area contributed by atoms with Crippen molar-refractivity contribution >= 4 is 17.5 Å². The van der Waals surface area contributed by atoms with E-state index in [4.69, 9.17) is 10.5 Å². The van der Waals surface area contributed by atoms with Gasteiger partial charge in [0.2, 0.25) is 11.8 Å². The van der Waals surface area contributed by atoms with Gasteiger partial charge < -0.3 is 20.3 Å². The highest BCUT2D eigenvalue weighted by Gasteiger charge is 2.68. The molecule has 0 aromatic heterocycles. The minimum Gasteiger partial charge on any atom is -0.496 e. The van der Waals surface area contributed by atoms with E-state index in [1.807, 2.05) is 4.90 Å². The number of ether oxygens (including phenoxy) is 1. The van der Waals surface area contributed by atoms with Crippen LogP contribution in [0.25, 0.3) is 0 Å². The molecule has 3 aliphatic carbocycles. The van der Waals surface area contributed by atoms with Gasteiger partial charge in [0.1, 0.15) is 5.75 Å². The summed E-state index contributed by atoms with van der Waals surface area (Å²) in [6.07, 6.45) is 6.72. The summed E-state index contributed by atoms with van der Waals surface area (Å²) in [6.45, 7) is 4.11. The van der Waals surface area contributed by atoms with Crippen molar-refractivity contribution in [2.45, 2.75) is 70.3 Å². The Kier molecular flexibility index (Phi) is 5.74. The van der Waals surface area contributed by atoms with Gasteiger partial charge in [-0.15, -0.1) is 0 Å². The lowest BCUT2D eigenvalue weighted by atomic mass is 9.57. The van der Waals surface area contributed by atoms with Gasteiger partial charge in [0, 0.05) is 37.4 Å². The van der Waals surface area contributed by atoms with Crippen LogP contribution in [-0.2, 0) is 9.59 Å². The van der Waals surface area contributed by atoms with Gasteiger partial charge in [0.25, 0.3) is 0 Å². The number of nitrogens with two attached hydrogens (primary N) is 1. The van der Waals surface area contributed by atoms with Crippen molar-refractivity contribution in [2.24, 2.45) is 22.5 Å². The second kappa shape index (κ2) is 8.48. The van der Waals surface area contributed by atoms with Crippen molar-refractivity contribution in [3.8, 4) is 11.8 Å². The zero-order valence-electron chi connectivity index (χ0n) is 20.4. The fourth-order valence-electron chi connectivity index (χ4n) is 6.74. The monoisotopic (exact) mass is 464 g/mol. The summed E-state index contributed by atoms with van der Waals surface area (Å²) in [6, 6.07) is 8.89. The van der Waals surface area contributed by atoms with Crippen LogP contribution < -0.4 is 15.4 Å². The third-order valence-corrected chi connectivity index (χ3v) is 8.97. The number of anilines is 1. The van der Waals surface area contributed by atoms with Crippen LogP contribution in [0, 0.1) is 28.1 Å². The van der Waals surface area contributed by atoms with E-state index in [-0.39, 0.29) is 11.9 Å². The molecule has 0 spiro atoms. The van der Waals surface area contributed by atoms with E-state index in [1.165, 1.54) is 18.4 Å². The predicted octanol–water partition coefficient (Wildman–Crippen LogP) is 3.58. The molecule has 2 N–H and O–H groups in total. The molecule has 182 valence electrons. The molecule has 1 heterocycles. The molecular weight excluding hydrogens is 428 g/mol. The average molecular weight is 465 g/mol. The SMILES string of the molecule is COc1cc(N2CCN(C(=O)C3CCCCC3(C(N)=O)C3(C#N)CC3)[C@H](C)C2)ccc1C1CC1. The molecule has 1 aromatic carbocycles. The van der Waals surface area contributed by atoms with Crippen molar-refractivity contribution in [3.05, 3.63) is 23.8 Å². The Morgan fingerprint density at radius 2 is 1.91 bits per heavy atom. The van der Waals surface area contributed by atoms with Crippen LogP contribution in [0.3, 0.4) is 0 Å². The van der Waals surface area contributed by atoms with Crippen LogP contribution in [0.2, 0.25) is 0 Å². The molecule has 3 atom stereocenters. The first kappa shape index (κ1) is 23.0. The molecule has 7 nitrogen and oxygen atoms in total. The van der Waals surface area contributed by atoms with Crippen molar-refractivity contribution < 1.29 is 14.3 Å². The highest BCUT2D eigenvalue weighted by Crippen LogP contribution is 2.65. The van der Waals surface area contributed by atoms with E-state index >= 15 is 0 Å². The summed E-state index contributed by atoms with van der Waals surface area (Å²) in [5.74, 6) is 0.632. The Bertz CT molecular complexity index is 1030. The van der Waals surface area contributed by atoms with Gasteiger partial charge in [-0.25, -0.2) is 0 Å². The molecule has 5 rings (SSSR count). The van der Waals surface area contributed by atoms with E-state index in [9.17, 15) is 14.9 Å². The fraction of sp³-hybridized carbons (Fsp3) is 0.667. The number of methoxy groups -OCH3 is 1. The summed E-state index contributed by atoms with van der Waals surface area (Å²) in [5.41, 5.74) is 6.60. The highest BCUT2D eigenvalue weighted by atomic mass is 16.5. The number of nitrogens with zero attached hydrogens (tertiary/aromatic N) is 3. The number of carbonyl (C=O) groups excluding carboxylic acids is 2. The van der Waals surface area contributed by atoms with Crippen LogP contribution in [0.4, 0.5) is 5.69 Å². The quantitative estimate of drug-likeness (QED) is 0.694. The van der Waals surface area contributed by atoms with Gasteiger partial charge in [0.15, 0.2) is 0 Å². The maximum absolute atomic E-state index is 13.9. The minimum absolute atomic E-state index is 0.0000883. The molecule has 0 radical (unpaired) electrons. The van der Waals surface area contributed by atoms with Crippen molar-refractivity contribution in [3.63, 3.8) is 0 Å². The predicted molar refractivity (Wildman–Crippen MR) is 129 cm³/mol. The van der Waals surface area contributed by atoms with Crippen LogP contribution in [-0.4, -0.2) is 49.5 Å². The molecule has 1 aromatic rings. The number of carbonyl (C=O) groups is 2. The number of piperazine rings is 1. The zero-order valence-corrected chi connectivity index (χ0v) is 20.4. The third-order valence-electron chi connectivity index (χ3n) is 8.97. The average Bonchev–Trinajstić information content (AvgIpc) is 3.77. The normalized spacial score (nSPS) is 30.4. The summed E-state index contributed by atoms with van der Waals surface area (Å²) < 4.78 is 5.68. The zero-order chi connectivity index (χ0) is 24.1. The molecule has 1 aliphatic heterocycles. The van der Waals surface area contributed by atoms with Gasteiger partial charge in [0.05, 0.1) is 29.9 Å². The third kappa shape index (κ3) is 3.54. The Morgan fingerprint density at radius 3 is 2.50 bits per heavy atom. The second-order valence-corrected chi connectivity index (χ2v) is 10.9. The first-order valence-electron chi connectivity index (χ1n) is 12.8. The van der Waals surface area contributed by atoms with Gasteiger partial charge in [-0.05, 0) is 63.0 Å². The van der Waals surface area contributed by atoms with Gasteiger partial charge in [-0.1, -0.05) is 18.9 Å². The lowest BCUT2D eigenvalue weighted by molar-refractivity contribution is -0.155. The maximum atomic E-state index is 13.9. The van der Waals surface area contributed by atoms with Crippen molar-refractivity contribution in [1.82, 2.24) is 4.90 Å². The second-order valence-electron chi connectivity index (χ2n) is 10.9. The van der Waals surface area contributed by atoms with Gasteiger partial charge in [-0.2, -0.15) is 5.26 Å². The van der Waals surface area contributed by atoms with E-state index < -0.39 is 22.7 Å². The molecule has 4 fully saturated rings. The first-order chi connectivity index (χ1) is 16.4. The summed E-state index contributed by atoms with van der Waals surface area (Å²) in [7, 11) is 1.73. The molecule has 4 aliphatic rings. The summed E-state index contributed by atoms with van der Waals surface area (Å²) in [4.78, 5) is 31.0. The van der Waals surface area contributed by atoms with E-state index in [2.05, 4.69) is 36.1 Å². The van der Waals surface area contributed by atoms with Crippen molar-refractivity contribution in [1.29, 1.82) is 5.26 Å². The van der Waals surface area contributed by atoms with E-state index in [0.717, 1.165) is 37.4 Å². The Hall–Kier alpha value is -2.75. The summed E-state index contributed by atoms with van der Waals surface area (Å²) in [5, 5.41) is 9.95. The molecular formula is C27H36N4O3. The summed E-state index contributed by atoms with van der Waals surface area (Å²) >= 11 is 0. The van der Waals surface area contributed by atoms with Gasteiger partial charge >= 0.3 is 0 Å². The smallest absolute Gasteiger partial charge is 0.227 e. The number of nitriles is 1. The minimum atomic E-state index is -1.03. The molecule has 1 saturated heterocycles. The van der Waals surface area contributed by atoms with Gasteiger partial charge in [-0.3, -0.25) is 9.59 Å². The molecule has 2 amide bonds. The van der Waals surface area contributed by atoms with E-state index in [1.54, 1.807) is 7.11 Å². The molecule has 2 unspecified atom stereocenters. The van der Waals surface area contributed by atoms with Crippen LogP contribution in [0.1, 0.15) is 69.8 Å². The number of amides is 2. The standard InChI is InChI=1S/C27H36N4O3/c1-18-16-30(20-8-9-21(19-6-7-19)23(15-20)34-2)13-14-31(18)24(32)22-5-3-4-10-27(22,25(29)33)26(17-28)11-12-26/h8-9,15,18-19,22H,3-7,10-14,16H2,1-2H3,(H2,29,33)/t18-,22?,27?/m1/s1. The van der Waals surface area contributed by atoms with Crippen LogP contribution in [0.5, 0.6) is 5.75 Å². The number of primary amides is 1. The maximum Gasteiger partial charge on any atom is 0.227 e. The first-order valence-corrected chi connectivity index (χ1v) is 12.8. The lowest BCUT2D eigenvalue weighted by Crippen LogP contribution is -2.61. The molecule has 7 heteroatoms. The number of hydrogen-bond donors (Lipinski definition) is 1. The van der Waals surface area contributed by atoms with Crippen LogP contribution >= 0.6 is 0 Å². The number of benzene rings is 1. The van der Waals surface area contributed by atoms with Crippen molar-refractivity contribution in [2.75, 3.05) is 31.6 Å². The molecule has 0 bridgehead atoms. The van der Waals surface area contributed by atoms with Crippen LogP contribution in [0.15, 0.2) is 18.2 Å². The number of hydrogen-bond acceptors (Lipinski definition) is 5. The lowest BCUT2D eigenvalue weighted by Gasteiger charge is -2.48.